The summed E-state index contributed by atoms with van der Waals surface area (Å²) in [6.45, 7) is 4.16. The number of morpholine rings is 1. The summed E-state index contributed by atoms with van der Waals surface area (Å²) in [6.07, 6.45) is 0. The molecule has 2 aromatic heterocycles. The topological polar surface area (TPSA) is 59.4 Å². The van der Waals surface area contributed by atoms with Crippen molar-refractivity contribution in [3.63, 3.8) is 0 Å². The number of anilines is 1. The average Bonchev–Trinajstić information content (AvgIpc) is 3.19. The number of aromatic nitrogens is 2. The summed E-state index contributed by atoms with van der Waals surface area (Å²) >= 11 is 5.02. The molecule has 3 aromatic rings. The number of thiazole rings is 1. The second-order valence-corrected chi connectivity index (χ2v) is 7.88. The van der Waals surface area contributed by atoms with E-state index in [0.717, 1.165) is 53.9 Å². The van der Waals surface area contributed by atoms with Crippen molar-refractivity contribution >= 4 is 49.2 Å². The van der Waals surface area contributed by atoms with E-state index in [0.29, 0.717) is 10.8 Å². The number of nitrogens with one attached hydrogen (secondary N) is 1. The fourth-order valence-corrected chi connectivity index (χ4v) is 4.66. The molecule has 1 fully saturated rings. The number of hydrogen-bond acceptors (Lipinski definition) is 5. The fourth-order valence-electron chi connectivity index (χ4n) is 3.18. The largest absolute Gasteiger partial charge is 0.379 e. The minimum atomic E-state index is -0.164. The molecule has 3 heterocycles. The van der Waals surface area contributed by atoms with E-state index in [4.69, 9.17) is 4.74 Å². The second-order valence-electron chi connectivity index (χ2n) is 6.23. The Hall–Kier alpha value is -1.74. The lowest BCUT2D eigenvalue weighted by Crippen LogP contribution is -2.35. The molecule has 1 amide bonds. The molecule has 4 rings (SSSR count). The van der Waals surface area contributed by atoms with Gasteiger partial charge in [0, 0.05) is 43.0 Å². The van der Waals surface area contributed by atoms with Gasteiger partial charge in [0.25, 0.3) is 5.91 Å². The zero-order chi connectivity index (χ0) is 18.1. The highest BCUT2D eigenvalue weighted by atomic mass is 79.9. The molecule has 6 nitrogen and oxygen atoms in total. The maximum Gasteiger partial charge on any atom is 0.275 e. The van der Waals surface area contributed by atoms with Gasteiger partial charge in [0.05, 0.1) is 23.4 Å². The zero-order valence-corrected chi connectivity index (χ0v) is 16.8. The number of carbonyl (C=O) groups is 1. The summed E-state index contributed by atoms with van der Waals surface area (Å²) in [5.41, 5.74) is 2.58. The Balaban J connectivity index is 1.50. The number of hydrogen-bond donors (Lipinski definition) is 1. The summed E-state index contributed by atoms with van der Waals surface area (Å²) in [5.74, 6) is -0.164. The van der Waals surface area contributed by atoms with Crippen molar-refractivity contribution in [2.24, 2.45) is 7.05 Å². The Bertz CT molecular complexity index is 907. The summed E-state index contributed by atoms with van der Waals surface area (Å²) in [4.78, 5) is 19.7. The first-order valence-corrected chi connectivity index (χ1v) is 10.1. The van der Waals surface area contributed by atoms with Gasteiger partial charge in [0.15, 0.2) is 5.13 Å². The number of nitrogens with zero attached hydrogens (tertiary/aromatic N) is 3. The molecule has 1 saturated heterocycles. The third kappa shape index (κ3) is 3.42. The Morgan fingerprint density at radius 1 is 1.35 bits per heavy atom. The number of carbonyl (C=O) groups excluding carboxylic acids is 1. The first-order chi connectivity index (χ1) is 12.6. The van der Waals surface area contributed by atoms with E-state index in [-0.39, 0.29) is 5.91 Å². The summed E-state index contributed by atoms with van der Waals surface area (Å²) < 4.78 is 8.07. The van der Waals surface area contributed by atoms with Crippen LogP contribution in [0.15, 0.2) is 34.1 Å². The van der Waals surface area contributed by atoms with Crippen molar-refractivity contribution in [2.75, 3.05) is 31.6 Å². The van der Waals surface area contributed by atoms with Gasteiger partial charge in [-0.3, -0.25) is 15.0 Å². The van der Waals surface area contributed by atoms with Crippen LogP contribution in [0.3, 0.4) is 0 Å². The molecule has 26 heavy (non-hydrogen) atoms. The highest BCUT2D eigenvalue weighted by Crippen LogP contribution is 2.31. The molecule has 1 aliphatic rings. The van der Waals surface area contributed by atoms with E-state index in [1.165, 1.54) is 11.3 Å². The van der Waals surface area contributed by atoms with E-state index in [2.05, 4.69) is 31.1 Å². The minimum absolute atomic E-state index is 0.164. The molecule has 0 atom stereocenters. The predicted molar refractivity (Wildman–Crippen MR) is 107 cm³/mol. The average molecular weight is 435 g/mol. The fraction of sp³-hybridized carbons (Fsp3) is 0.333. The third-order valence-corrected chi connectivity index (χ3v) is 6.13. The van der Waals surface area contributed by atoms with Crippen LogP contribution in [0, 0.1) is 0 Å². The van der Waals surface area contributed by atoms with Crippen LogP contribution < -0.4 is 5.32 Å². The lowest BCUT2D eigenvalue weighted by molar-refractivity contribution is 0.0337. The summed E-state index contributed by atoms with van der Waals surface area (Å²) in [7, 11) is 1.90. The molecule has 1 N–H and O–H groups in total. The van der Waals surface area contributed by atoms with Crippen LogP contribution in [0.25, 0.3) is 10.9 Å². The number of benzene rings is 1. The smallest absolute Gasteiger partial charge is 0.275 e. The normalized spacial score (nSPS) is 15.5. The molecule has 136 valence electrons. The first-order valence-electron chi connectivity index (χ1n) is 8.42. The Kier molecular flexibility index (Phi) is 5.08. The maximum absolute atomic E-state index is 12.8. The standard InChI is InChI=1S/C18H19BrN4O2S/c1-22-14-5-3-2-4-13(14)15(19)16(22)17(24)21-18-20-12(11-26-18)10-23-6-8-25-9-7-23/h2-5,11H,6-10H2,1H3,(H,20,21,24). The first kappa shape index (κ1) is 17.7. The van der Waals surface area contributed by atoms with Crippen molar-refractivity contribution < 1.29 is 9.53 Å². The van der Waals surface area contributed by atoms with Crippen LogP contribution >= 0.6 is 27.3 Å². The van der Waals surface area contributed by atoms with Gasteiger partial charge in [-0.15, -0.1) is 11.3 Å². The van der Waals surface area contributed by atoms with Crippen molar-refractivity contribution in [1.82, 2.24) is 14.5 Å². The molecule has 0 radical (unpaired) electrons. The molecule has 1 aliphatic heterocycles. The van der Waals surface area contributed by atoms with E-state index >= 15 is 0 Å². The summed E-state index contributed by atoms with van der Waals surface area (Å²) in [6, 6.07) is 7.93. The SMILES string of the molecule is Cn1c(C(=O)Nc2nc(CN3CCOCC3)cs2)c(Br)c2ccccc21. The number of rotatable bonds is 4. The maximum atomic E-state index is 12.8. The zero-order valence-electron chi connectivity index (χ0n) is 14.4. The molecule has 0 aliphatic carbocycles. The molecule has 0 unspecified atom stereocenters. The quantitative estimate of drug-likeness (QED) is 0.682. The van der Waals surface area contributed by atoms with Crippen molar-refractivity contribution in [3.8, 4) is 0 Å². The van der Waals surface area contributed by atoms with Crippen LogP contribution in [0.4, 0.5) is 5.13 Å². The van der Waals surface area contributed by atoms with Crippen molar-refractivity contribution in [2.45, 2.75) is 6.54 Å². The second kappa shape index (κ2) is 7.48. The Morgan fingerprint density at radius 3 is 2.88 bits per heavy atom. The number of para-hydroxylation sites is 1. The van der Waals surface area contributed by atoms with Gasteiger partial charge in [-0.25, -0.2) is 4.98 Å². The molecule has 8 heteroatoms. The van der Waals surface area contributed by atoms with Gasteiger partial charge in [0.2, 0.25) is 0 Å². The third-order valence-electron chi connectivity index (χ3n) is 4.52. The predicted octanol–water partition coefficient (Wildman–Crippen LogP) is 3.48. The van der Waals surface area contributed by atoms with E-state index in [9.17, 15) is 4.79 Å². The number of halogens is 1. The lowest BCUT2D eigenvalue weighted by atomic mass is 10.2. The van der Waals surface area contributed by atoms with Gasteiger partial charge in [0.1, 0.15) is 5.69 Å². The molecule has 0 spiro atoms. The lowest BCUT2D eigenvalue weighted by Gasteiger charge is -2.25. The van der Waals surface area contributed by atoms with Crippen LogP contribution in [-0.4, -0.2) is 46.7 Å². The van der Waals surface area contributed by atoms with Crippen LogP contribution in [-0.2, 0) is 18.3 Å². The monoisotopic (exact) mass is 434 g/mol. The van der Waals surface area contributed by atoms with Gasteiger partial charge < -0.3 is 9.30 Å². The van der Waals surface area contributed by atoms with Crippen LogP contribution in [0.5, 0.6) is 0 Å². The van der Waals surface area contributed by atoms with Gasteiger partial charge in [-0.05, 0) is 22.0 Å². The minimum Gasteiger partial charge on any atom is -0.379 e. The molecule has 0 saturated carbocycles. The van der Waals surface area contributed by atoms with E-state index in [1.807, 2.05) is 41.3 Å². The highest BCUT2D eigenvalue weighted by molar-refractivity contribution is 9.10. The van der Waals surface area contributed by atoms with Crippen molar-refractivity contribution in [3.05, 3.63) is 45.5 Å². The Labute approximate surface area is 163 Å². The highest BCUT2D eigenvalue weighted by Gasteiger charge is 2.20. The van der Waals surface area contributed by atoms with Gasteiger partial charge in [-0.2, -0.15) is 0 Å². The van der Waals surface area contributed by atoms with E-state index in [1.54, 1.807) is 0 Å². The van der Waals surface area contributed by atoms with Crippen LogP contribution in [0.2, 0.25) is 0 Å². The van der Waals surface area contributed by atoms with E-state index < -0.39 is 0 Å². The molecule has 1 aromatic carbocycles. The Morgan fingerprint density at radius 2 is 2.12 bits per heavy atom. The number of amides is 1. The number of fused-ring (bicyclic) bond motifs is 1. The van der Waals surface area contributed by atoms with Gasteiger partial charge >= 0.3 is 0 Å². The summed E-state index contributed by atoms with van der Waals surface area (Å²) in [5, 5.41) is 6.58. The van der Waals surface area contributed by atoms with Gasteiger partial charge in [-0.1, -0.05) is 18.2 Å². The molecular weight excluding hydrogens is 416 g/mol. The van der Waals surface area contributed by atoms with Crippen LogP contribution in [0.1, 0.15) is 16.2 Å². The number of aryl methyl sites for hydroxylation is 1. The van der Waals surface area contributed by atoms with Crippen molar-refractivity contribution in [1.29, 1.82) is 0 Å². The molecular formula is C18H19BrN4O2S. The molecule has 0 bridgehead atoms. The number of ether oxygens (including phenoxy) is 1.